The van der Waals surface area contributed by atoms with Crippen molar-refractivity contribution in [2.24, 2.45) is 0 Å². The smallest absolute Gasteiger partial charge is 0.246 e. The average Bonchev–Trinajstić information content (AvgIpc) is 2.80. The molecule has 1 aliphatic heterocycles. The topological polar surface area (TPSA) is 24.8 Å². The van der Waals surface area contributed by atoms with Crippen molar-refractivity contribution >= 4 is 12.0 Å². The second kappa shape index (κ2) is 9.35. The number of nitrogens with zero attached hydrogens (tertiary/aromatic N) is 1. The quantitative estimate of drug-likeness (QED) is 0.673. The molecule has 0 aliphatic carbocycles. The molecule has 0 aromatic heterocycles. The van der Waals surface area contributed by atoms with Crippen LogP contribution in [0.5, 0.6) is 0 Å². The van der Waals surface area contributed by atoms with E-state index >= 15 is 0 Å². The minimum absolute atomic E-state index is 0.101. The minimum Gasteiger partial charge on any atom is -0.328 e. The molecule has 0 saturated carbocycles. The van der Waals surface area contributed by atoms with E-state index in [2.05, 4.69) is 60.7 Å². The zero-order valence-electron chi connectivity index (χ0n) is 16.6. The van der Waals surface area contributed by atoms with Gasteiger partial charge in [-0.05, 0) is 11.6 Å². The van der Waals surface area contributed by atoms with E-state index in [1.807, 2.05) is 41.3 Å². The van der Waals surface area contributed by atoms with E-state index in [1.54, 1.807) is 6.08 Å². The fraction of sp³-hybridized carbons (Fsp3) is 0.192. The number of benzene rings is 3. The van der Waals surface area contributed by atoms with Crippen molar-refractivity contribution in [3.63, 3.8) is 0 Å². The summed E-state index contributed by atoms with van der Waals surface area (Å²) in [6.07, 6.45) is 3.60. The summed E-state index contributed by atoms with van der Waals surface area (Å²) in [6.45, 7) is 3.45. The maximum absolute atomic E-state index is 12.6. The van der Waals surface area contributed by atoms with E-state index in [0.717, 1.165) is 31.7 Å². The molecule has 4 rings (SSSR count). The Kier molecular flexibility index (Phi) is 6.18. The number of amides is 1. The normalized spacial score (nSPS) is 15.1. The highest BCUT2D eigenvalue weighted by Crippen LogP contribution is 2.19. The van der Waals surface area contributed by atoms with E-state index in [9.17, 15) is 4.79 Å². The largest absolute Gasteiger partial charge is 0.328 e. The molecule has 0 spiro atoms. The predicted octanol–water partition coefficient (Wildman–Crippen LogP) is 3.22. The van der Waals surface area contributed by atoms with Gasteiger partial charge in [0, 0.05) is 17.2 Å². The molecule has 29 heavy (non-hydrogen) atoms. The number of hydrogen-bond acceptors (Lipinski definition) is 1. The van der Waals surface area contributed by atoms with Crippen LogP contribution in [0, 0.1) is 0 Å². The molecule has 1 amide bonds. The molecule has 0 unspecified atom stereocenters. The van der Waals surface area contributed by atoms with Crippen molar-refractivity contribution in [3.05, 3.63) is 114 Å². The van der Waals surface area contributed by atoms with Gasteiger partial charge in [0.25, 0.3) is 0 Å². The first kappa shape index (κ1) is 19.2. The highest BCUT2D eigenvalue weighted by molar-refractivity contribution is 5.91. The van der Waals surface area contributed by atoms with Crippen LogP contribution < -0.4 is 4.90 Å². The highest BCUT2D eigenvalue weighted by Gasteiger charge is 2.30. The standard InChI is InChI=1S/C26H26N2O/c29-25(17-16-22-10-4-1-5-11-22)27-18-20-28(21-19-27)26(23-12-6-2-7-13-23)24-14-8-3-9-15-24/h1-17,26H,18-21H2/p+1/b17-16+. The molecule has 3 nitrogen and oxygen atoms in total. The number of nitrogens with one attached hydrogen (secondary N) is 1. The van der Waals surface area contributed by atoms with Gasteiger partial charge in [0.2, 0.25) is 5.91 Å². The van der Waals surface area contributed by atoms with Crippen molar-refractivity contribution in [1.82, 2.24) is 4.90 Å². The summed E-state index contributed by atoms with van der Waals surface area (Å²) in [5, 5.41) is 0. The molecule has 3 heteroatoms. The molecule has 1 fully saturated rings. The first-order chi connectivity index (χ1) is 14.3. The Labute approximate surface area is 172 Å². The van der Waals surface area contributed by atoms with Gasteiger partial charge in [-0.1, -0.05) is 91.0 Å². The summed E-state index contributed by atoms with van der Waals surface area (Å²) in [7, 11) is 0. The lowest BCUT2D eigenvalue weighted by molar-refractivity contribution is -0.929. The van der Waals surface area contributed by atoms with Gasteiger partial charge in [-0.25, -0.2) is 0 Å². The third-order valence-corrected chi connectivity index (χ3v) is 5.61. The van der Waals surface area contributed by atoms with Crippen LogP contribution in [-0.2, 0) is 4.79 Å². The van der Waals surface area contributed by atoms with E-state index in [1.165, 1.54) is 16.0 Å². The number of carbonyl (C=O) groups excluding carboxylic acids is 1. The molecular weight excluding hydrogens is 356 g/mol. The molecule has 1 N–H and O–H groups in total. The van der Waals surface area contributed by atoms with Crippen molar-refractivity contribution in [3.8, 4) is 0 Å². The lowest BCUT2D eigenvalue weighted by Gasteiger charge is -2.36. The van der Waals surface area contributed by atoms with Crippen molar-refractivity contribution in [1.29, 1.82) is 0 Å². The third kappa shape index (κ3) is 4.82. The van der Waals surface area contributed by atoms with Gasteiger partial charge in [0.05, 0.1) is 26.2 Å². The Morgan fingerprint density at radius 2 is 1.24 bits per heavy atom. The van der Waals surface area contributed by atoms with E-state index in [4.69, 9.17) is 0 Å². The van der Waals surface area contributed by atoms with Gasteiger partial charge in [-0.3, -0.25) is 4.79 Å². The van der Waals surface area contributed by atoms with Crippen LogP contribution in [0.1, 0.15) is 22.7 Å². The van der Waals surface area contributed by atoms with Crippen molar-refractivity contribution < 1.29 is 9.69 Å². The molecule has 3 aromatic rings. The summed E-state index contributed by atoms with van der Waals surface area (Å²) in [6, 6.07) is 31.7. The number of hydrogen-bond donors (Lipinski definition) is 1. The zero-order chi connectivity index (χ0) is 19.9. The van der Waals surface area contributed by atoms with Crippen molar-refractivity contribution in [2.45, 2.75) is 6.04 Å². The Morgan fingerprint density at radius 3 is 1.76 bits per heavy atom. The number of piperazine rings is 1. The van der Waals surface area contributed by atoms with E-state index < -0.39 is 0 Å². The highest BCUT2D eigenvalue weighted by atomic mass is 16.2. The van der Waals surface area contributed by atoms with Crippen LogP contribution in [0.15, 0.2) is 97.1 Å². The van der Waals surface area contributed by atoms with Crippen LogP contribution in [0.4, 0.5) is 0 Å². The molecule has 0 atom stereocenters. The molecule has 146 valence electrons. The molecular formula is C26H27N2O+. The first-order valence-corrected chi connectivity index (χ1v) is 10.3. The second-order valence-corrected chi connectivity index (χ2v) is 7.48. The lowest BCUT2D eigenvalue weighted by atomic mass is 9.96. The first-order valence-electron chi connectivity index (χ1n) is 10.3. The van der Waals surface area contributed by atoms with Gasteiger partial charge >= 0.3 is 0 Å². The van der Waals surface area contributed by atoms with Gasteiger partial charge in [0.15, 0.2) is 0 Å². The number of quaternary nitrogens is 1. The van der Waals surface area contributed by atoms with E-state index in [0.29, 0.717) is 6.04 Å². The zero-order valence-corrected chi connectivity index (χ0v) is 16.6. The van der Waals surface area contributed by atoms with Gasteiger partial charge < -0.3 is 9.80 Å². The maximum atomic E-state index is 12.6. The van der Waals surface area contributed by atoms with Crippen LogP contribution in [0.3, 0.4) is 0 Å². The summed E-state index contributed by atoms with van der Waals surface area (Å²) in [5.74, 6) is 0.101. The molecule has 1 aliphatic rings. The maximum Gasteiger partial charge on any atom is 0.246 e. The lowest BCUT2D eigenvalue weighted by Crippen LogP contribution is -3.15. The molecule has 1 heterocycles. The van der Waals surface area contributed by atoms with Crippen LogP contribution in [0.2, 0.25) is 0 Å². The van der Waals surface area contributed by atoms with Gasteiger partial charge in [-0.15, -0.1) is 0 Å². The molecule has 3 aromatic carbocycles. The number of carbonyl (C=O) groups is 1. The van der Waals surface area contributed by atoms with Crippen molar-refractivity contribution in [2.75, 3.05) is 26.2 Å². The van der Waals surface area contributed by atoms with Crippen LogP contribution >= 0.6 is 0 Å². The SMILES string of the molecule is O=C(/C=C/c1ccccc1)N1CC[NH+](C(c2ccccc2)c2ccccc2)CC1. The fourth-order valence-electron chi connectivity index (χ4n) is 4.09. The minimum atomic E-state index is 0.101. The van der Waals surface area contributed by atoms with E-state index in [-0.39, 0.29) is 5.91 Å². The van der Waals surface area contributed by atoms with Crippen LogP contribution in [0.25, 0.3) is 6.08 Å². The fourth-order valence-corrected chi connectivity index (χ4v) is 4.09. The summed E-state index contributed by atoms with van der Waals surface area (Å²) in [5.41, 5.74) is 3.72. The Hall–Kier alpha value is -3.17. The molecule has 1 saturated heterocycles. The molecule has 0 bridgehead atoms. The van der Waals surface area contributed by atoms with Crippen LogP contribution in [-0.4, -0.2) is 37.0 Å². The van der Waals surface area contributed by atoms with Gasteiger partial charge in [0.1, 0.15) is 6.04 Å². The Balaban J connectivity index is 1.44. The molecule has 0 radical (unpaired) electrons. The second-order valence-electron chi connectivity index (χ2n) is 7.48. The summed E-state index contributed by atoms with van der Waals surface area (Å²) < 4.78 is 0. The summed E-state index contributed by atoms with van der Waals surface area (Å²) in [4.78, 5) is 16.1. The van der Waals surface area contributed by atoms with Gasteiger partial charge in [-0.2, -0.15) is 0 Å². The average molecular weight is 384 g/mol. The number of rotatable bonds is 5. The Morgan fingerprint density at radius 1 is 0.759 bits per heavy atom. The summed E-state index contributed by atoms with van der Waals surface area (Å²) >= 11 is 0. The third-order valence-electron chi connectivity index (χ3n) is 5.61. The Bertz CT molecular complexity index is 891. The predicted molar refractivity (Wildman–Crippen MR) is 117 cm³/mol. The monoisotopic (exact) mass is 383 g/mol.